The van der Waals surface area contributed by atoms with Crippen LogP contribution in [0.1, 0.15) is 141 Å². The van der Waals surface area contributed by atoms with Gasteiger partial charge in [-0.3, -0.25) is 32.9 Å². The number of rotatable bonds is 18. The van der Waals surface area contributed by atoms with Crippen molar-refractivity contribution in [2.45, 2.75) is 125 Å². The number of imidazole rings is 4. The number of aryl methyl sites for hydroxylation is 5. The van der Waals surface area contributed by atoms with Gasteiger partial charge in [-0.25, -0.2) is 59.8 Å². The maximum atomic E-state index is 13.7. The number of hydrogen-bond donors (Lipinski definition) is 8. The van der Waals surface area contributed by atoms with E-state index in [1.54, 1.807) is 34.4 Å². The Balaban J connectivity index is 0.000000115. The van der Waals surface area contributed by atoms with Crippen molar-refractivity contribution in [3.8, 4) is 17.1 Å². The molecule has 0 saturated heterocycles. The summed E-state index contributed by atoms with van der Waals surface area (Å²) in [7, 11) is 0. The lowest BCUT2D eigenvalue weighted by Crippen LogP contribution is -2.34. The topological polar surface area (TPSA) is 354 Å². The van der Waals surface area contributed by atoms with Crippen LogP contribution in [0.3, 0.4) is 0 Å². The van der Waals surface area contributed by atoms with E-state index in [0.29, 0.717) is 45.9 Å². The van der Waals surface area contributed by atoms with E-state index in [4.69, 9.17) is 0 Å². The first kappa shape index (κ1) is 78.3. The van der Waals surface area contributed by atoms with Crippen molar-refractivity contribution in [1.82, 2.24) is 98.0 Å². The molecule has 1 aliphatic rings. The Morgan fingerprint density at radius 1 is 0.347 bits per heavy atom. The van der Waals surface area contributed by atoms with Gasteiger partial charge in [0.15, 0.2) is 45.9 Å². The Morgan fingerprint density at radius 3 is 1.01 bits per heavy atom. The van der Waals surface area contributed by atoms with Crippen LogP contribution in [0.15, 0.2) is 252 Å². The lowest BCUT2D eigenvalue weighted by Gasteiger charge is -2.33. The smallest absolute Gasteiger partial charge is 0.263 e. The van der Waals surface area contributed by atoms with E-state index in [1.165, 1.54) is 31.7 Å². The van der Waals surface area contributed by atoms with Gasteiger partial charge in [0.05, 0.1) is 71.0 Å². The van der Waals surface area contributed by atoms with Crippen molar-refractivity contribution < 1.29 is 0 Å². The summed E-state index contributed by atoms with van der Waals surface area (Å²) in [5.74, 6) is 2.64. The molecule has 0 aliphatic heterocycles. The first-order valence-corrected chi connectivity index (χ1v) is 40.4. The molecule has 1 aliphatic carbocycles. The van der Waals surface area contributed by atoms with Gasteiger partial charge in [-0.1, -0.05) is 141 Å². The zero-order valence-corrected chi connectivity index (χ0v) is 68.2. The second-order valence-corrected chi connectivity index (χ2v) is 30.4. The Labute approximate surface area is 692 Å². The van der Waals surface area contributed by atoms with Crippen LogP contribution in [0.2, 0.25) is 0 Å². The zero-order valence-electron chi connectivity index (χ0n) is 68.2. The molecule has 0 amide bonds. The summed E-state index contributed by atoms with van der Waals surface area (Å²) in [6.07, 6.45) is 17.2. The summed E-state index contributed by atoms with van der Waals surface area (Å²) in [6, 6.07) is 59.4. The van der Waals surface area contributed by atoms with Crippen LogP contribution in [-0.2, 0) is 0 Å². The van der Waals surface area contributed by atoms with Crippen molar-refractivity contribution in [2.75, 3.05) is 21.3 Å². The summed E-state index contributed by atoms with van der Waals surface area (Å²) >= 11 is 0. The zero-order chi connectivity index (χ0) is 83.5. The van der Waals surface area contributed by atoms with Crippen molar-refractivity contribution in [3.05, 3.63) is 325 Å². The Kier molecular flexibility index (Phi) is 21.9. The molecule has 28 heteroatoms. The lowest BCUT2D eigenvalue weighted by molar-refractivity contribution is 0.297. The van der Waals surface area contributed by atoms with E-state index in [-0.39, 0.29) is 52.4 Å². The lowest BCUT2D eigenvalue weighted by atomic mass is 9.91. The summed E-state index contributed by atoms with van der Waals surface area (Å²) in [5.41, 5.74) is 16.6. The minimum atomic E-state index is -0.208. The van der Waals surface area contributed by atoms with Crippen molar-refractivity contribution in [2.24, 2.45) is 0 Å². The molecule has 1 fully saturated rings. The van der Waals surface area contributed by atoms with E-state index in [9.17, 15) is 19.2 Å². The highest BCUT2D eigenvalue weighted by molar-refractivity contribution is 5.91. The molecule has 0 bridgehead atoms. The van der Waals surface area contributed by atoms with Crippen molar-refractivity contribution in [1.29, 1.82) is 0 Å². The van der Waals surface area contributed by atoms with Gasteiger partial charge in [-0.2, -0.15) is 0 Å². The van der Waals surface area contributed by atoms with Crippen LogP contribution in [0.25, 0.3) is 105 Å². The highest BCUT2D eigenvalue weighted by atomic mass is 16.1. The third-order valence-electron chi connectivity index (χ3n) is 22.6. The third-order valence-corrected chi connectivity index (χ3v) is 22.6. The number of anilines is 4. The van der Waals surface area contributed by atoms with Crippen LogP contribution >= 0.6 is 0 Å². The second-order valence-electron chi connectivity index (χ2n) is 30.4. The van der Waals surface area contributed by atoms with Gasteiger partial charge in [-0.05, 0) is 185 Å². The van der Waals surface area contributed by atoms with Gasteiger partial charge in [0, 0.05) is 45.9 Å². The number of aromatic amines is 4. The number of hydrogen-bond acceptors (Lipinski definition) is 20. The summed E-state index contributed by atoms with van der Waals surface area (Å²) < 4.78 is 7.41. The normalized spacial score (nSPS) is 13.1. The van der Waals surface area contributed by atoms with Crippen LogP contribution < -0.4 is 43.5 Å². The van der Waals surface area contributed by atoms with E-state index in [2.05, 4.69) is 139 Å². The largest absolute Gasteiger partial charge is 0.360 e. The van der Waals surface area contributed by atoms with Crippen LogP contribution in [0.4, 0.5) is 23.3 Å². The highest BCUT2D eigenvalue weighted by Crippen LogP contribution is 2.38. The fraction of sp³-hybridized carbons (Fsp3) is 0.204. The predicted octanol–water partition coefficient (Wildman–Crippen LogP) is 17.4. The fourth-order valence-corrected chi connectivity index (χ4v) is 16.2. The third kappa shape index (κ3) is 15.3. The van der Waals surface area contributed by atoms with Gasteiger partial charge in [0.1, 0.15) is 47.4 Å². The SMILES string of the molecule is CCC(Nc1ncnc2nc[nH]c12)c1cc2cccc(C)c2c(=O)n1-c1ccccc1.CCC(Nc1ncnc2nc[nH]c12)c1cc2cccc(C)c2c(=O)n1C1CCC1.Cc1ccc(-n2c(C(C)Nc3ncnc4nc[nH]c34)cc3cccc(C)c3c2=O)cc1.Cc1cccc2cc(C(C)Nc3ncnc4nc[nH]c34)n(-c3ccccc3)c(=O)c12. The number of nitrogens with one attached hydrogen (secondary N) is 8. The number of aromatic nitrogens is 20. The predicted molar refractivity (Wildman–Crippen MR) is 478 cm³/mol. The second kappa shape index (κ2) is 33.8. The van der Waals surface area contributed by atoms with Gasteiger partial charge in [-0.15, -0.1) is 0 Å². The molecule has 1 saturated carbocycles. The van der Waals surface area contributed by atoms with Gasteiger partial charge in [0.2, 0.25) is 0 Å². The molecule has 20 rings (SSSR count). The molecule has 12 aromatic heterocycles. The van der Waals surface area contributed by atoms with E-state index in [1.807, 2.05) is 215 Å². The van der Waals surface area contributed by atoms with E-state index >= 15 is 0 Å². The number of para-hydroxylation sites is 2. The van der Waals surface area contributed by atoms with Crippen LogP contribution in [-0.4, -0.2) is 98.0 Å². The first-order chi connectivity index (χ1) is 59.0. The monoisotopic (exact) mass is 1600 g/mol. The summed E-state index contributed by atoms with van der Waals surface area (Å²) in [6.45, 7) is 18.2. The van der Waals surface area contributed by atoms with Gasteiger partial charge in [0.25, 0.3) is 22.2 Å². The molecular weight excluding hydrogens is 1520 g/mol. The number of benzene rings is 7. The first-order valence-electron chi connectivity index (χ1n) is 40.4. The summed E-state index contributed by atoms with van der Waals surface area (Å²) in [4.78, 5) is 118. The van der Waals surface area contributed by atoms with Crippen molar-refractivity contribution >= 4 is 111 Å². The van der Waals surface area contributed by atoms with E-state index in [0.717, 1.165) is 158 Å². The maximum absolute atomic E-state index is 13.7. The number of H-pyrrole nitrogens is 4. The molecular formula is C93H88N24O4. The van der Waals surface area contributed by atoms with Gasteiger partial charge < -0.3 is 45.8 Å². The molecule has 604 valence electrons. The van der Waals surface area contributed by atoms with Gasteiger partial charge >= 0.3 is 0 Å². The quantitative estimate of drug-likeness (QED) is 0.0395. The maximum Gasteiger partial charge on any atom is 0.263 e. The van der Waals surface area contributed by atoms with E-state index < -0.39 is 0 Å². The average Bonchev–Trinajstić information content (AvgIpc) is 1.23. The Bertz CT molecular complexity index is 7310. The number of nitrogens with zero attached hydrogens (tertiary/aromatic N) is 16. The molecule has 19 aromatic rings. The Hall–Kier alpha value is -15.2. The highest BCUT2D eigenvalue weighted by Gasteiger charge is 2.29. The standard InChI is InChI=1S/2C24H22N6O.C23H20N6O.C22H24N6O/c1-14-7-9-18(10-8-14)30-19(11-17-6-4-5-15(2)20(17)24(30)31)16(3)29-23-21-22(26-12-25-21)27-13-28-23;1-3-18(29-23-21-22(26-13-25-21)27-14-28-23)19-12-16-9-7-8-15(2)20(16)24(31)30(19)17-10-5-4-6-11-17;1-14-7-6-8-16-11-18(29(23(30)19(14)16)17-9-4-3-5-10-17)15(2)28-22-20-21(25-12-24-20)26-13-27-22;1-3-16(27-21-19-20(24-11-23-19)25-12-26-21)17-10-14-7-4-6-13(2)18(14)22(29)28(17)15-8-5-9-15/h4-13,16H,1-3H3,(H2,25,26,27,28,29);4-14,18H,3H2,1-2H3,(H2,25,26,27,28,29);3-13,15H,1-2H3,(H2,24,25,26,27,28);4,6-7,10-12,15-16H,3,5,8-9H2,1-2H3,(H2,23,24,25,26,27). The molecule has 28 nitrogen and oxygen atoms in total. The van der Waals surface area contributed by atoms with Crippen LogP contribution in [0.5, 0.6) is 0 Å². The molecule has 7 aromatic carbocycles. The fourth-order valence-electron chi connectivity index (χ4n) is 16.2. The molecule has 0 spiro atoms. The number of pyridine rings is 4. The summed E-state index contributed by atoms with van der Waals surface area (Å²) in [5, 5.41) is 20.7. The Morgan fingerprint density at radius 2 is 0.661 bits per heavy atom. The minimum Gasteiger partial charge on any atom is -0.360 e. The number of fused-ring (bicyclic) bond motifs is 8. The minimum absolute atomic E-state index is 0.0218. The molecule has 4 atom stereocenters. The molecule has 12 heterocycles. The van der Waals surface area contributed by atoms with Crippen LogP contribution in [0, 0.1) is 34.6 Å². The molecule has 0 radical (unpaired) electrons. The van der Waals surface area contributed by atoms with Crippen molar-refractivity contribution in [3.63, 3.8) is 0 Å². The average molecular weight is 1610 g/mol. The molecule has 4 unspecified atom stereocenters. The molecule has 121 heavy (non-hydrogen) atoms. The molecule has 8 N–H and O–H groups in total.